The van der Waals surface area contributed by atoms with Crippen LogP contribution < -0.4 is 0 Å². The average molecular weight is 376 g/mol. The normalized spacial score (nSPS) is 11.4. The van der Waals surface area contributed by atoms with E-state index < -0.39 is 6.43 Å². The quantitative estimate of drug-likeness (QED) is 0.641. The molecule has 0 bridgehead atoms. The van der Waals surface area contributed by atoms with Crippen LogP contribution in [-0.2, 0) is 6.42 Å². The first-order valence-corrected chi connectivity index (χ1v) is 7.66. The molecule has 0 saturated heterocycles. The predicted octanol–water partition coefficient (Wildman–Crippen LogP) is 5.70. The van der Waals surface area contributed by atoms with Gasteiger partial charge in [-0.1, -0.05) is 43.6 Å². The molecule has 2 rings (SSSR count). The van der Waals surface area contributed by atoms with Crippen molar-refractivity contribution in [2.75, 3.05) is 0 Å². The summed E-state index contributed by atoms with van der Waals surface area (Å²) in [6.45, 7) is 4.14. The molecule has 0 aliphatic carbocycles. The van der Waals surface area contributed by atoms with Crippen molar-refractivity contribution < 1.29 is 8.78 Å². The Labute approximate surface area is 135 Å². The van der Waals surface area contributed by atoms with Crippen LogP contribution in [0.2, 0.25) is 5.15 Å². The second-order valence-corrected chi connectivity index (χ2v) is 6.27. The van der Waals surface area contributed by atoms with Gasteiger partial charge in [0.2, 0.25) is 0 Å². The summed E-state index contributed by atoms with van der Waals surface area (Å²) >= 11 is 9.48. The molecule has 112 valence electrons. The average Bonchev–Trinajstić information content (AvgIpc) is 2.43. The van der Waals surface area contributed by atoms with Gasteiger partial charge < -0.3 is 0 Å². The van der Waals surface area contributed by atoms with Gasteiger partial charge in [0.1, 0.15) is 5.15 Å². The first-order chi connectivity index (χ1) is 9.88. The summed E-state index contributed by atoms with van der Waals surface area (Å²) < 4.78 is 26.2. The Balaban J connectivity index is 2.49. The van der Waals surface area contributed by atoms with Gasteiger partial charge in [-0.3, -0.25) is 0 Å². The minimum absolute atomic E-state index is 0.0550. The molecule has 2 nitrogen and oxygen atoms in total. The van der Waals surface area contributed by atoms with Gasteiger partial charge in [-0.25, -0.2) is 18.7 Å². The highest BCUT2D eigenvalue weighted by Gasteiger charge is 2.15. The second-order valence-electron chi connectivity index (χ2n) is 5.12. The monoisotopic (exact) mass is 374 g/mol. The van der Waals surface area contributed by atoms with Crippen LogP contribution in [0, 0.1) is 5.92 Å². The maximum Gasteiger partial charge on any atom is 0.263 e. The summed E-state index contributed by atoms with van der Waals surface area (Å²) in [4.78, 5) is 8.63. The molecule has 0 N–H and O–H groups in total. The Kier molecular flexibility index (Phi) is 5.27. The molecule has 2 aromatic rings. The molecule has 0 fully saturated rings. The highest BCUT2D eigenvalue weighted by Crippen LogP contribution is 2.30. The molecule has 1 aromatic carbocycles. The number of nitrogens with zero attached hydrogens (tertiary/aromatic N) is 2. The van der Waals surface area contributed by atoms with E-state index in [9.17, 15) is 8.78 Å². The van der Waals surface area contributed by atoms with Gasteiger partial charge in [0, 0.05) is 11.1 Å². The van der Waals surface area contributed by atoms with Crippen molar-refractivity contribution in [1.82, 2.24) is 9.97 Å². The molecular formula is C15H14BrClF2N2. The number of rotatable bonds is 4. The number of benzene rings is 1. The fourth-order valence-electron chi connectivity index (χ4n) is 1.93. The van der Waals surface area contributed by atoms with Crippen LogP contribution in [0.25, 0.3) is 11.4 Å². The number of aromatic nitrogens is 2. The third-order valence-corrected chi connectivity index (χ3v) is 4.21. The smallest absolute Gasteiger partial charge is 0.232 e. The predicted molar refractivity (Wildman–Crippen MR) is 83.7 cm³/mol. The molecule has 0 spiro atoms. The van der Waals surface area contributed by atoms with Crippen molar-refractivity contribution in [3.05, 3.63) is 45.1 Å². The summed E-state index contributed by atoms with van der Waals surface area (Å²) in [5.41, 5.74) is 1.26. The highest BCUT2D eigenvalue weighted by atomic mass is 79.9. The van der Waals surface area contributed by atoms with E-state index in [0.717, 1.165) is 12.1 Å². The van der Waals surface area contributed by atoms with Crippen molar-refractivity contribution >= 4 is 27.5 Å². The van der Waals surface area contributed by atoms with Crippen molar-refractivity contribution in [1.29, 1.82) is 0 Å². The van der Waals surface area contributed by atoms with Crippen LogP contribution in [0.3, 0.4) is 0 Å². The number of hydrogen-bond acceptors (Lipinski definition) is 2. The second kappa shape index (κ2) is 6.79. The molecule has 0 unspecified atom stereocenters. The fraction of sp³-hybridized carbons (Fsp3) is 0.333. The molecule has 0 amide bonds. The molecule has 0 saturated carbocycles. The van der Waals surface area contributed by atoms with Crippen molar-refractivity contribution in [3.63, 3.8) is 0 Å². The summed E-state index contributed by atoms with van der Waals surface area (Å²) in [6, 6.07) is 6.04. The van der Waals surface area contributed by atoms with Crippen LogP contribution in [-0.4, -0.2) is 9.97 Å². The van der Waals surface area contributed by atoms with E-state index in [4.69, 9.17) is 11.6 Å². The molecule has 0 aliphatic heterocycles. The zero-order valence-electron chi connectivity index (χ0n) is 11.6. The van der Waals surface area contributed by atoms with E-state index in [0.29, 0.717) is 21.8 Å². The Morgan fingerprint density at radius 2 is 1.95 bits per heavy atom. The SMILES string of the molecule is CC(C)Cc1nc(-c2cccc(C(F)F)c2)nc(Cl)c1Br. The fourth-order valence-corrected chi connectivity index (χ4v) is 2.46. The third kappa shape index (κ3) is 3.98. The Bertz CT molecular complexity index is 648. The van der Waals surface area contributed by atoms with Crippen LogP contribution in [0.15, 0.2) is 28.7 Å². The maximum absolute atomic E-state index is 12.8. The first kappa shape index (κ1) is 16.3. The van der Waals surface area contributed by atoms with Gasteiger partial charge >= 0.3 is 0 Å². The zero-order valence-corrected chi connectivity index (χ0v) is 13.9. The van der Waals surface area contributed by atoms with Gasteiger partial charge in [-0.2, -0.15) is 0 Å². The van der Waals surface area contributed by atoms with Crippen LogP contribution in [0.1, 0.15) is 31.5 Å². The summed E-state index contributed by atoms with van der Waals surface area (Å²) in [6.07, 6.45) is -1.80. The van der Waals surface area contributed by atoms with E-state index in [1.54, 1.807) is 12.1 Å². The molecule has 1 aromatic heterocycles. The lowest BCUT2D eigenvalue weighted by atomic mass is 10.1. The van der Waals surface area contributed by atoms with Crippen molar-refractivity contribution in [3.8, 4) is 11.4 Å². The minimum atomic E-state index is -2.52. The molecule has 1 heterocycles. The van der Waals surface area contributed by atoms with Crippen LogP contribution >= 0.6 is 27.5 Å². The Hall–Kier alpha value is -1.07. The van der Waals surface area contributed by atoms with E-state index in [1.165, 1.54) is 12.1 Å². The third-order valence-electron chi connectivity index (χ3n) is 2.88. The molecule has 6 heteroatoms. The largest absolute Gasteiger partial charge is 0.263 e. The molecule has 21 heavy (non-hydrogen) atoms. The van der Waals surface area contributed by atoms with Gasteiger partial charge in [0.05, 0.1) is 10.2 Å². The molecule has 0 atom stereocenters. The van der Waals surface area contributed by atoms with Crippen LogP contribution in [0.5, 0.6) is 0 Å². The number of alkyl halides is 2. The van der Waals surface area contributed by atoms with Gasteiger partial charge in [-0.15, -0.1) is 0 Å². The molecule has 0 aliphatic rings. The van der Waals surface area contributed by atoms with E-state index in [-0.39, 0.29) is 10.7 Å². The Morgan fingerprint density at radius 1 is 1.24 bits per heavy atom. The van der Waals surface area contributed by atoms with E-state index in [1.807, 2.05) is 0 Å². The molecule has 0 radical (unpaired) electrons. The maximum atomic E-state index is 12.8. The molecular weight excluding hydrogens is 362 g/mol. The Morgan fingerprint density at radius 3 is 2.57 bits per heavy atom. The van der Waals surface area contributed by atoms with Gasteiger partial charge in [0.25, 0.3) is 6.43 Å². The zero-order chi connectivity index (χ0) is 15.6. The lowest BCUT2D eigenvalue weighted by Gasteiger charge is -2.11. The highest BCUT2D eigenvalue weighted by molar-refractivity contribution is 9.10. The first-order valence-electron chi connectivity index (χ1n) is 6.49. The van der Waals surface area contributed by atoms with Gasteiger partial charge in [0.15, 0.2) is 5.82 Å². The lowest BCUT2D eigenvalue weighted by molar-refractivity contribution is 0.151. The topological polar surface area (TPSA) is 25.8 Å². The van der Waals surface area contributed by atoms with Gasteiger partial charge in [-0.05, 0) is 34.3 Å². The summed E-state index contributed by atoms with van der Waals surface area (Å²) in [5.74, 6) is 0.758. The minimum Gasteiger partial charge on any atom is -0.232 e. The standard InChI is InChI=1S/C15H14BrClF2N2/c1-8(2)6-11-12(16)13(17)21-15(20-11)10-5-3-4-9(7-10)14(18)19/h3-5,7-8,14H,6H2,1-2H3. The number of hydrogen-bond donors (Lipinski definition) is 0. The van der Waals surface area contributed by atoms with E-state index >= 15 is 0 Å². The summed E-state index contributed by atoms with van der Waals surface area (Å²) in [7, 11) is 0. The van der Waals surface area contributed by atoms with Crippen LogP contribution in [0.4, 0.5) is 8.78 Å². The van der Waals surface area contributed by atoms with Crippen molar-refractivity contribution in [2.24, 2.45) is 5.92 Å². The van der Waals surface area contributed by atoms with Crippen molar-refractivity contribution in [2.45, 2.75) is 26.7 Å². The lowest BCUT2D eigenvalue weighted by Crippen LogP contribution is -2.03. The number of halogens is 4. The van der Waals surface area contributed by atoms with E-state index in [2.05, 4.69) is 39.7 Å². The summed E-state index contributed by atoms with van der Waals surface area (Å²) in [5, 5.41) is 0.290.